The van der Waals surface area contributed by atoms with Crippen LogP contribution < -0.4 is 5.32 Å². The Balaban J connectivity index is 1.75. The highest BCUT2D eigenvalue weighted by Gasteiger charge is 2.16. The number of furan rings is 1. The lowest BCUT2D eigenvalue weighted by Crippen LogP contribution is -2.17. The van der Waals surface area contributed by atoms with Crippen LogP contribution in [0.15, 0.2) is 39.1 Å². The lowest BCUT2D eigenvalue weighted by molar-refractivity contribution is 0.479. The Kier molecular flexibility index (Phi) is 4.05. The molecule has 0 aliphatic heterocycles. The zero-order chi connectivity index (χ0) is 13.9. The van der Waals surface area contributed by atoms with E-state index in [2.05, 4.69) is 27.6 Å². The van der Waals surface area contributed by atoms with Crippen LogP contribution in [-0.2, 0) is 0 Å². The van der Waals surface area contributed by atoms with Crippen molar-refractivity contribution in [3.05, 3.63) is 41.1 Å². The van der Waals surface area contributed by atoms with E-state index in [0.29, 0.717) is 0 Å². The van der Waals surface area contributed by atoms with E-state index in [4.69, 9.17) is 4.42 Å². The topological polar surface area (TPSA) is 51.0 Å². The molecule has 0 saturated carbocycles. The number of benzene rings is 1. The van der Waals surface area contributed by atoms with Gasteiger partial charge in [-0.15, -0.1) is 10.2 Å². The Morgan fingerprint density at radius 3 is 2.90 bits per heavy atom. The van der Waals surface area contributed by atoms with Crippen LogP contribution >= 0.6 is 23.1 Å². The van der Waals surface area contributed by atoms with Crippen LogP contribution in [0.2, 0.25) is 0 Å². The van der Waals surface area contributed by atoms with E-state index >= 15 is 0 Å². The summed E-state index contributed by atoms with van der Waals surface area (Å²) in [5, 5.41) is 13.6. The molecule has 0 fully saturated rings. The fraction of sp³-hybridized carbons (Fsp3) is 0.286. The number of aromatic nitrogens is 2. The number of nitrogens with one attached hydrogen (secondary N) is 1. The molecule has 0 bridgehead atoms. The van der Waals surface area contributed by atoms with Crippen molar-refractivity contribution in [1.82, 2.24) is 15.5 Å². The minimum Gasteiger partial charge on any atom is -0.459 e. The molecular formula is C14H15N3OS2. The van der Waals surface area contributed by atoms with Gasteiger partial charge in [0.15, 0.2) is 4.34 Å². The summed E-state index contributed by atoms with van der Waals surface area (Å²) in [6.07, 6.45) is 0. The molecule has 3 aromatic rings. The summed E-state index contributed by atoms with van der Waals surface area (Å²) in [6, 6.07) is 10.3. The molecule has 4 nitrogen and oxygen atoms in total. The molecule has 1 N–H and O–H groups in total. The summed E-state index contributed by atoms with van der Waals surface area (Å²) < 4.78 is 6.91. The number of para-hydroxylation sites is 1. The summed E-state index contributed by atoms with van der Waals surface area (Å²) in [6.45, 7) is 1.97. The third-order valence-corrected chi connectivity index (χ3v) is 5.08. The van der Waals surface area contributed by atoms with Gasteiger partial charge in [0, 0.05) is 11.1 Å². The van der Waals surface area contributed by atoms with Gasteiger partial charge in [-0.3, -0.25) is 0 Å². The van der Waals surface area contributed by atoms with Crippen molar-refractivity contribution < 1.29 is 4.42 Å². The van der Waals surface area contributed by atoms with Crippen LogP contribution in [0, 0.1) is 6.92 Å². The van der Waals surface area contributed by atoms with Crippen molar-refractivity contribution in [1.29, 1.82) is 0 Å². The second kappa shape index (κ2) is 5.95. The van der Waals surface area contributed by atoms with Crippen molar-refractivity contribution in [2.75, 3.05) is 12.8 Å². The minimum absolute atomic E-state index is 0.164. The highest BCUT2D eigenvalue weighted by atomic mass is 32.2. The van der Waals surface area contributed by atoms with Crippen molar-refractivity contribution in [3.63, 3.8) is 0 Å². The highest BCUT2D eigenvalue weighted by Crippen LogP contribution is 2.29. The lowest BCUT2D eigenvalue weighted by atomic mass is 10.2. The molecule has 0 spiro atoms. The Morgan fingerprint density at radius 2 is 2.20 bits per heavy atom. The van der Waals surface area contributed by atoms with E-state index in [9.17, 15) is 0 Å². The average molecular weight is 305 g/mol. The summed E-state index contributed by atoms with van der Waals surface area (Å²) in [4.78, 5) is 0. The largest absolute Gasteiger partial charge is 0.459 e. The molecule has 2 aromatic heterocycles. The first-order chi connectivity index (χ1) is 9.76. The predicted octanol–water partition coefficient (Wildman–Crippen LogP) is 3.65. The maximum atomic E-state index is 5.91. The van der Waals surface area contributed by atoms with Crippen molar-refractivity contribution in [2.45, 2.75) is 17.3 Å². The standard InChI is InChI=1S/C14H15N3OS2/c1-9-16-17-14(20-9)19-8-11(15-2)13-7-10-5-3-4-6-12(10)18-13/h3-7,11,15H,8H2,1-2H3. The number of fused-ring (bicyclic) bond motifs is 1. The second-order valence-electron chi connectivity index (χ2n) is 4.43. The highest BCUT2D eigenvalue weighted by molar-refractivity contribution is 8.01. The van der Waals surface area contributed by atoms with Gasteiger partial charge in [0.1, 0.15) is 16.4 Å². The summed E-state index contributed by atoms with van der Waals surface area (Å²) in [5.74, 6) is 1.83. The fourth-order valence-electron chi connectivity index (χ4n) is 1.97. The quantitative estimate of drug-likeness (QED) is 0.729. The van der Waals surface area contributed by atoms with Crippen LogP contribution in [0.3, 0.4) is 0 Å². The first-order valence-electron chi connectivity index (χ1n) is 6.35. The monoisotopic (exact) mass is 305 g/mol. The molecule has 0 amide bonds. The zero-order valence-electron chi connectivity index (χ0n) is 11.3. The fourth-order valence-corrected chi connectivity index (χ4v) is 3.93. The molecule has 1 aromatic carbocycles. The van der Waals surface area contributed by atoms with Gasteiger partial charge in [0.2, 0.25) is 0 Å². The number of nitrogens with zero attached hydrogens (tertiary/aromatic N) is 2. The molecular weight excluding hydrogens is 290 g/mol. The predicted molar refractivity (Wildman–Crippen MR) is 83.4 cm³/mol. The van der Waals surface area contributed by atoms with Gasteiger partial charge in [-0.25, -0.2) is 0 Å². The first-order valence-corrected chi connectivity index (χ1v) is 8.15. The average Bonchev–Trinajstić information content (AvgIpc) is 3.05. The minimum atomic E-state index is 0.164. The maximum absolute atomic E-state index is 5.91. The van der Waals surface area contributed by atoms with Crippen LogP contribution in [0.5, 0.6) is 0 Å². The van der Waals surface area contributed by atoms with E-state index < -0.39 is 0 Å². The van der Waals surface area contributed by atoms with Crippen LogP contribution in [-0.4, -0.2) is 23.0 Å². The first kappa shape index (κ1) is 13.6. The summed E-state index contributed by atoms with van der Waals surface area (Å²) in [5.41, 5.74) is 0.930. The Morgan fingerprint density at radius 1 is 1.35 bits per heavy atom. The van der Waals surface area contributed by atoms with Crippen molar-refractivity contribution in [3.8, 4) is 0 Å². The molecule has 20 heavy (non-hydrogen) atoms. The maximum Gasteiger partial charge on any atom is 0.174 e. The van der Waals surface area contributed by atoms with E-state index in [1.54, 1.807) is 23.1 Å². The number of hydrogen-bond acceptors (Lipinski definition) is 6. The van der Waals surface area contributed by atoms with E-state index in [0.717, 1.165) is 31.8 Å². The second-order valence-corrected chi connectivity index (χ2v) is 6.87. The summed E-state index contributed by atoms with van der Waals surface area (Å²) in [7, 11) is 1.95. The SMILES string of the molecule is CNC(CSc1nnc(C)s1)c1cc2ccccc2o1. The summed E-state index contributed by atoms with van der Waals surface area (Å²) >= 11 is 3.32. The molecule has 0 aliphatic rings. The van der Waals surface area contributed by atoms with Gasteiger partial charge in [-0.05, 0) is 26.1 Å². The van der Waals surface area contributed by atoms with Crippen molar-refractivity contribution >= 4 is 34.1 Å². The van der Waals surface area contributed by atoms with Crippen LogP contribution in [0.25, 0.3) is 11.0 Å². The molecule has 2 heterocycles. The molecule has 1 unspecified atom stereocenters. The van der Waals surface area contributed by atoms with Gasteiger partial charge in [0.25, 0.3) is 0 Å². The van der Waals surface area contributed by atoms with Gasteiger partial charge in [-0.1, -0.05) is 41.3 Å². The van der Waals surface area contributed by atoms with E-state index in [1.165, 1.54) is 0 Å². The van der Waals surface area contributed by atoms with Crippen molar-refractivity contribution in [2.24, 2.45) is 0 Å². The Labute approximate surface area is 125 Å². The van der Waals surface area contributed by atoms with Gasteiger partial charge in [0.05, 0.1) is 6.04 Å². The Bertz CT molecular complexity index is 674. The van der Waals surface area contributed by atoms with Crippen LogP contribution in [0.4, 0.5) is 0 Å². The third-order valence-electron chi connectivity index (χ3n) is 3.02. The third kappa shape index (κ3) is 2.87. The van der Waals surface area contributed by atoms with Gasteiger partial charge in [-0.2, -0.15) is 0 Å². The number of hydrogen-bond donors (Lipinski definition) is 1. The molecule has 1 atom stereocenters. The van der Waals surface area contributed by atoms with Crippen LogP contribution in [0.1, 0.15) is 16.8 Å². The molecule has 0 aliphatic carbocycles. The molecule has 0 radical (unpaired) electrons. The smallest absolute Gasteiger partial charge is 0.174 e. The Hall–Kier alpha value is -1.37. The van der Waals surface area contributed by atoms with E-state index in [1.807, 2.05) is 32.2 Å². The molecule has 3 rings (SSSR count). The number of thioether (sulfide) groups is 1. The van der Waals surface area contributed by atoms with E-state index in [-0.39, 0.29) is 6.04 Å². The van der Waals surface area contributed by atoms with Gasteiger partial charge >= 0.3 is 0 Å². The molecule has 6 heteroatoms. The number of aryl methyl sites for hydroxylation is 1. The number of rotatable bonds is 5. The normalized spacial score (nSPS) is 12.9. The lowest BCUT2D eigenvalue weighted by Gasteiger charge is -2.11. The molecule has 0 saturated heterocycles. The zero-order valence-corrected chi connectivity index (χ0v) is 12.9. The molecule has 104 valence electrons. The van der Waals surface area contributed by atoms with Gasteiger partial charge < -0.3 is 9.73 Å².